The lowest BCUT2D eigenvalue weighted by Crippen LogP contribution is -2.18. The lowest BCUT2D eigenvalue weighted by molar-refractivity contribution is -0.119. The number of hydrogen-bond acceptors (Lipinski definition) is 6. The third-order valence-electron chi connectivity index (χ3n) is 3.04. The van der Waals surface area contributed by atoms with Crippen LogP contribution in [0.25, 0.3) is 0 Å². The van der Waals surface area contributed by atoms with Crippen molar-refractivity contribution in [3.8, 4) is 0 Å². The molecule has 0 bridgehead atoms. The van der Waals surface area contributed by atoms with Crippen molar-refractivity contribution < 1.29 is 19.1 Å². The van der Waals surface area contributed by atoms with Crippen molar-refractivity contribution in [1.82, 2.24) is 5.32 Å². The number of aryl methyl sites for hydroxylation is 2. The second kappa shape index (κ2) is 7.52. The lowest BCUT2D eigenvalue weighted by Gasteiger charge is -2.02. The van der Waals surface area contributed by atoms with Gasteiger partial charge in [0.15, 0.2) is 6.61 Å². The van der Waals surface area contributed by atoms with Crippen molar-refractivity contribution in [2.24, 2.45) is 0 Å². The van der Waals surface area contributed by atoms with Crippen LogP contribution in [0.1, 0.15) is 41.6 Å². The number of carbonyl (C=O) groups excluding carboxylic acids is 3. The van der Waals surface area contributed by atoms with E-state index in [1.54, 1.807) is 18.2 Å². The summed E-state index contributed by atoms with van der Waals surface area (Å²) in [6.45, 7) is 5.31. The summed E-state index contributed by atoms with van der Waals surface area (Å²) in [6, 6.07) is 5.23. The third kappa shape index (κ3) is 4.74. The van der Waals surface area contributed by atoms with E-state index >= 15 is 0 Å². The Labute approximate surface area is 142 Å². The average molecular weight is 351 g/mol. The van der Waals surface area contributed by atoms with E-state index in [4.69, 9.17) is 4.74 Å². The minimum atomic E-state index is -0.477. The van der Waals surface area contributed by atoms with Crippen LogP contribution in [0.15, 0.2) is 18.2 Å². The van der Waals surface area contributed by atoms with Crippen molar-refractivity contribution in [2.75, 3.05) is 6.61 Å². The molecule has 2 aromatic heterocycles. The Morgan fingerprint density at radius 1 is 1.17 bits per heavy atom. The SMILES string of the molecule is CC(=O)NCc1ccc(C(=O)COC(=O)c2cc(C)sc2C)s1. The molecule has 5 nitrogen and oxygen atoms in total. The lowest BCUT2D eigenvalue weighted by atomic mass is 10.2. The third-order valence-corrected chi connectivity index (χ3v) is 5.14. The van der Waals surface area contributed by atoms with E-state index in [2.05, 4.69) is 5.32 Å². The highest BCUT2D eigenvalue weighted by Gasteiger charge is 2.16. The van der Waals surface area contributed by atoms with Gasteiger partial charge >= 0.3 is 5.97 Å². The van der Waals surface area contributed by atoms with Crippen LogP contribution in [0.4, 0.5) is 0 Å². The highest BCUT2D eigenvalue weighted by molar-refractivity contribution is 7.14. The predicted octanol–water partition coefficient (Wildman–Crippen LogP) is 3.10. The molecule has 0 aliphatic rings. The van der Waals surface area contributed by atoms with Gasteiger partial charge in [0, 0.05) is 21.6 Å². The van der Waals surface area contributed by atoms with Crippen LogP contribution in [-0.4, -0.2) is 24.3 Å². The Hall–Kier alpha value is -1.99. The molecule has 0 aliphatic heterocycles. The number of nitrogens with one attached hydrogen (secondary N) is 1. The molecule has 2 aromatic rings. The van der Waals surface area contributed by atoms with Gasteiger partial charge in [0.25, 0.3) is 0 Å². The van der Waals surface area contributed by atoms with E-state index in [0.717, 1.165) is 14.6 Å². The van der Waals surface area contributed by atoms with Crippen molar-refractivity contribution in [3.05, 3.63) is 43.3 Å². The summed E-state index contributed by atoms with van der Waals surface area (Å²) in [5.41, 5.74) is 0.512. The molecule has 0 fully saturated rings. The second-order valence-electron chi connectivity index (χ2n) is 5.00. The maximum Gasteiger partial charge on any atom is 0.339 e. The monoisotopic (exact) mass is 351 g/mol. The van der Waals surface area contributed by atoms with Gasteiger partial charge in [0.1, 0.15) is 0 Å². The van der Waals surface area contributed by atoms with Gasteiger partial charge in [0.2, 0.25) is 11.7 Å². The fraction of sp³-hybridized carbons (Fsp3) is 0.312. The number of amides is 1. The summed E-state index contributed by atoms with van der Waals surface area (Å²) in [7, 11) is 0. The van der Waals surface area contributed by atoms with Crippen LogP contribution >= 0.6 is 22.7 Å². The molecule has 7 heteroatoms. The van der Waals surface area contributed by atoms with E-state index in [-0.39, 0.29) is 18.3 Å². The molecule has 0 aromatic carbocycles. The molecule has 2 heterocycles. The van der Waals surface area contributed by atoms with Crippen LogP contribution in [-0.2, 0) is 16.1 Å². The zero-order chi connectivity index (χ0) is 17.0. The van der Waals surface area contributed by atoms with E-state index in [1.807, 2.05) is 13.8 Å². The number of carbonyl (C=O) groups is 3. The van der Waals surface area contributed by atoms with Crippen LogP contribution in [0.2, 0.25) is 0 Å². The minimum Gasteiger partial charge on any atom is -0.454 e. The molecule has 0 saturated heterocycles. The van der Waals surface area contributed by atoms with Gasteiger partial charge in [-0.1, -0.05) is 0 Å². The summed E-state index contributed by atoms with van der Waals surface area (Å²) >= 11 is 2.81. The topological polar surface area (TPSA) is 72.5 Å². The van der Waals surface area contributed by atoms with Crippen LogP contribution in [0.3, 0.4) is 0 Å². The van der Waals surface area contributed by atoms with Crippen LogP contribution in [0, 0.1) is 13.8 Å². The fourth-order valence-corrected chi connectivity index (χ4v) is 3.73. The van der Waals surface area contributed by atoms with Crippen molar-refractivity contribution in [3.63, 3.8) is 0 Å². The first kappa shape index (κ1) is 17.4. The number of ketones is 1. The molecular weight excluding hydrogens is 334 g/mol. The number of esters is 1. The Kier molecular flexibility index (Phi) is 5.68. The largest absolute Gasteiger partial charge is 0.454 e. The highest BCUT2D eigenvalue weighted by atomic mass is 32.1. The molecule has 0 atom stereocenters. The number of Topliss-reactive ketones (excluding diaryl/α,β-unsaturated/α-hetero) is 1. The molecule has 1 amide bonds. The molecule has 2 rings (SSSR count). The summed E-state index contributed by atoms with van der Waals surface area (Å²) in [6.07, 6.45) is 0. The van der Waals surface area contributed by atoms with E-state index in [9.17, 15) is 14.4 Å². The minimum absolute atomic E-state index is 0.123. The van der Waals surface area contributed by atoms with Gasteiger partial charge in [-0.3, -0.25) is 9.59 Å². The molecule has 0 aliphatic carbocycles. The summed E-state index contributed by atoms with van der Waals surface area (Å²) < 4.78 is 5.10. The number of hydrogen-bond donors (Lipinski definition) is 1. The zero-order valence-electron chi connectivity index (χ0n) is 13.1. The molecule has 0 saturated carbocycles. The number of ether oxygens (including phenoxy) is 1. The average Bonchev–Trinajstić information content (AvgIpc) is 3.08. The molecule has 1 N–H and O–H groups in total. The maximum absolute atomic E-state index is 12.1. The van der Waals surface area contributed by atoms with Crippen molar-refractivity contribution >= 4 is 40.3 Å². The van der Waals surface area contributed by atoms with Crippen LogP contribution in [0.5, 0.6) is 0 Å². The zero-order valence-corrected chi connectivity index (χ0v) is 14.7. The van der Waals surface area contributed by atoms with Gasteiger partial charge in [-0.15, -0.1) is 22.7 Å². The molecule has 0 radical (unpaired) electrons. The Morgan fingerprint density at radius 2 is 1.91 bits per heavy atom. The van der Waals surface area contributed by atoms with Gasteiger partial charge in [-0.25, -0.2) is 4.79 Å². The summed E-state index contributed by atoms with van der Waals surface area (Å²) in [4.78, 5) is 38.2. The smallest absolute Gasteiger partial charge is 0.339 e. The quantitative estimate of drug-likeness (QED) is 0.641. The Bertz CT molecular complexity index is 745. The van der Waals surface area contributed by atoms with E-state index in [0.29, 0.717) is 17.0 Å². The van der Waals surface area contributed by atoms with Gasteiger partial charge < -0.3 is 10.1 Å². The Morgan fingerprint density at radius 3 is 2.52 bits per heavy atom. The molecule has 0 unspecified atom stereocenters. The second-order valence-corrected chi connectivity index (χ2v) is 7.63. The highest BCUT2D eigenvalue weighted by Crippen LogP contribution is 2.22. The summed E-state index contributed by atoms with van der Waals surface area (Å²) in [5, 5.41) is 2.67. The first-order valence-electron chi connectivity index (χ1n) is 6.97. The first-order valence-corrected chi connectivity index (χ1v) is 8.60. The van der Waals surface area contributed by atoms with Gasteiger partial charge in [-0.2, -0.15) is 0 Å². The van der Waals surface area contributed by atoms with Crippen molar-refractivity contribution in [2.45, 2.75) is 27.3 Å². The predicted molar refractivity (Wildman–Crippen MR) is 90.2 cm³/mol. The summed E-state index contributed by atoms with van der Waals surface area (Å²) in [5.74, 6) is -0.848. The molecule has 0 spiro atoms. The maximum atomic E-state index is 12.1. The Balaban J connectivity index is 1.91. The van der Waals surface area contributed by atoms with E-state index < -0.39 is 5.97 Å². The van der Waals surface area contributed by atoms with Gasteiger partial charge in [0.05, 0.1) is 17.0 Å². The fourth-order valence-electron chi connectivity index (χ4n) is 1.95. The molecular formula is C16H17NO4S2. The molecule has 122 valence electrons. The normalized spacial score (nSPS) is 10.4. The van der Waals surface area contributed by atoms with E-state index in [1.165, 1.54) is 29.6 Å². The van der Waals surface area contributed by atoms with Crippen molar-refractivity contribution in [1.29, 1.82) is 0 Å². The standard InChI is InChI=1S/C16H17NO4S2/c1-9-6-13(10(2)22-9)16(20)21-8-14(19)15-5-4-12(23-15)7-17-11(3)18/h4-6H,7-8H2,1-3H3,(H,17,18). The number of rotatable bonds is 6. The van der Waals surface area contributed by atoms with Gasteiger partial charge in [-0.05, 0) is 32.0 Å². The number of thiophene rings is 2. The van der Waals surface area contributed by atoms with Crippen LogP contribution < -0.4 is 5.32 Å². The molecule has 23 heavy (non-hydrogen) atoms. The first-order chi connectivity index (χ1) is 10.9.